The van der Waals surface area contributed by atoms with Crippen LogP contribution in [-0.2, 0) is 4.79 Å². The number of pyridine rings is 1. The Hall–Kier alpha value is -2.67. The number of carbonyl (C=O) groups excluding carboxylic acids is 1. The molecule has 0 radical (unpaired) electrons. The molecule has 1 amide bonds. The molecule has 0 aliphatic carbocycles. The number of halogens is 1. The summed E-state index contributed by atoms with van der Waals surface area (Å²) in [6.07, 6.45) is 3.08. The first-order valence-corrected chi connectivity index (χ1v) is 10.1. The zero-order valence-electron chi connectivity index (χ0n) is 16.6. The highest BCUT2D eigenvalue weighted by molar-refractivity contribution is 6.30. The number of hydrogen-bond donors (Lipinski definition) is 0. The second kappa shape index (κ2) is 8.37. The van der Waals surface area contributed by atoms with Gasteiger partial charge in [-0.1, -0.05) is 18.5 Å². The second-order valence-corrected chi connectivity index (χ2v) is 7.40. The van der Waals surface area contributed by atoms with E-state index in [0.717, 1.165) is 35.8 Å². The molecule has 7 nitrogen and oxygen atoms in total. The number of rotatable bonds is 5. The average Bonchev–Trinajstić information content (AvgIpc) is 3.21. The number of carbonyl (C=O) groups is 1. The van der Waals surface area contributed by atoms with Crippen LogP contribution in [0.5, 0.6) is 17.2 Å². The molecule has 1 saturated heterocycles. The molecule has 2 aromatic rings. The number of anilines is 2. The van der Waals surface area contributed by atoms with Gasteiger partial charge >= 0.3 is 0 Å². The van der Waals surface area contributed by atoms with Crippen LogP contribution in [-0.4, -0.2) is 55.2 Å². The number of benzene rings is 1. The monoisotopic (exact) mass is 417 g/mol. The van der Waals surface area contributed by atoms with E-state index in [4.69, 9.17) is 25.8 Å². The summed E-state index contributed by atoms with van der Waals surface area (Å²) in [6.45, 7) is 4.49. The summed E-state index contributed by atoms with van der Waals surface area (Å²) in [5, 5.41) is 0.328. The first-order chi connectivity index (χ1) is 14.1. The Bertz CT molecular complexity index is 907. The number of hydrogen-bond acceptors (Lipinski definition) is 6. The topological polar surface area (TPSA) is 64.1 Å². The normalized spacial score (nSPS) is 18.2. The smallest absolute Gasteiger partial charge is 0.222 e. The number of amides is 1. The van der Waals surface area contributed by atoms with Crippen LogP contribution in [0.1, 0.15) is 19.8 Å². The van der Waals surface area contributed by atoms with E-state index in [-0.39, 0.29) is 12.0 Å². The zero-order chi connectivity index (χ0) is 20.4. The molecule has 1 atom stereocenters. The van der Waals surface area contributed by atoms with Crippen molar-refractivity contribution in [3.8, 4) is 17.2 Å². The van der Waals surface area contributed by atoms with Gasteiger partial charge in [0.15, 0.2) is 10.9 Å². The fourth-order valence-electron chi connectivity index (χ4n) is 3.71. The van der Waals surface area contributed by atoms with Crippen molar-refractivity contribution in [2.24, 2.45) is 0 Å². The van der Waals surface area contributed by atoms with Crippen LogP contribution in [0.25, 0.3) is 0 Å². The Morgan fingerprint density at radius 3 is 3.00 bits per heavy atom. The van der Waals surface area contributed by atoms with Gasteiger partial charge < -0.3 is 24.0 Å². The molecule has 2 aliphatic heterocycles. The second-order valence-electron chi connectivity index (χ2n) is 7.04. The molecule has 3 heterocycles. The molecule has 4 rings (SSSR count). The minimum absolute atomic E-state index is 0.00111. The minimum Gasteiger partial charge on any atom is -0.493 e. The molecule has 1 unspecified atom stereocenters. The number of aromatic nitrogens is 1. The van der Waals surface area contributed by atoms with Gasteiger partial charge in [0.25, 0.3) is 0 Å². The van der Waals surface area contributed by atoms with E-state index >= 15 is 0 Å². The fraction of sp³-hybridized carbons (Fsp3) is 0.429. The highest BCUT2D eigenvalue weighted by atomic mass is 35.5. The summed E-state index contributed by atoms with van der Waals surface area (Å²) in [4.78, 5) is 20.1. The van der Waals surface area contributed by atoms with Gasteiger partial charge in [0.2, 0.25) is 5.91 Å². The van der Waals surface area contributed by atoms with Gasteiger partial charge in [-0.05, 0) is 12.1 Å². The Morgan fingerprint density at radius 1 is 1.34 bits per heavy atom. The Labute approximate surface area is 175 Å². The number of nitrogens with zero attached hydrogens (tertiary/aromatic N) is 3. The van der Waals surface area contributed by atoms with Crippen molar-refractivity contribution in [3.05, 3.63) is 35.6 Å². The maximum atomic E-state index is 11.9. The average molecular weight is 418 g/mol. The summed E-state index contributed by atoms with van der Waals surface area (Å²) in [5.41, 5.74) is 1.77. The zero-order valence-corrected chi connectivity index (χ0v) is 17.3. The van der Waals surface area contributed by atoms with Crippen molar-refractivity contribution in [2.45, 2.75) is 25.9 Å². The van der Waals surface area contributed by atoms with Gasteiger partial charge in [0.1, 0.15) is 24.2 Å². The van der Waals surface area contributed by atoms with Crippen LogP contribution in [0.2, 0.25) is 5.15 Å². The van der Waals surface area contributed by atoms with E-state index in [0.29, 0.717) is 37.0 Å². The van der Waals surface area contributed by atoms with Crippen molar-refractivity contribution in [1.82, 2.24) is 9.88 Å². The predicted octanol–water partition coefficient (Wildman–Crippen LogP) is 3.66. The third-order valence-electron chi connectivity index (χ3n) is 5.22. The first-order valence-electron chi connectivity index (χ1n) is 9.77. The van der Waals surface area contributed by atoms with Crippen LogP contribution >= 0.6 is 11.6 Å². The van der Waals surface area contributed by atoms with Gasteiger partial charge in [-0.2, -0.15) is 0 Å². The molecule has 1 fully saturated rings. The number of methoxy groups -OCH3 is 1. The molecule has 2 aliphatic rings. The van der Waals surface area contributed by atoms with Gasteiger partial charge in [-0.15, -0.1) is 0 Å². The molecule has 0 spiro atoms. The molecule has 8 heteroatoms. The molecular weight excluding hydrogens is 394 g/mol. The minimum atomic E-state index is -0.00111. The van der Waals surface area contributed by atoms with E-state index < -0.39 is 0 Å². The molecule has 1 aromatic carbocycles. The Balaban J connectivity index is 1.55. The molecule has 29 heavy (non-hydrogen) atoms. The molecule has 0 saturated carbocycles. The fourth-order valence-corrected chi connectivity index (χ4v) is 3.89. The lowest BCUT2D eigenvalue weighted by Crippen LogP contribution is -2.30. The quantitative estimate of drug-likeness (QED) is 0.692. The Morgan fingerprint density at radius 2 is 2.21 bits per heavy atom. The molecule has 1 aromatic heterocycles. The molecular formula is C21H24ClN3O4. The van der Waals surface area contributed by atoms with E-state index in [1.165, 1.54) is 0 Å². The highest BCUT2D eigenvalue weighted by Crippen LogP contribution is 2.40. The Kier molecular flexibility index (Phi) is 5.67. The lowest BCUT2D eigenvalue weighted by atomic mass is 10.2. The van der Waals surface area contributed by atoms with E-state index in [1.54, 1.807) is 13.3 Å². The van der Waals surface area contributed by atoms with Gasteiger partial charge in [0, 0.05) is 31.5 Å². The van der Waals surface area contributed by atoms with Crippen LogP contribution in [0.15, 0.2) is 30.5 Å². The van der Waals surface area contributed by atoms with Crippen molar-refractivity contribution in [3.63, 3.8) is 0 Å². The highest BCUT2D eigenvalue weighted by Gasteiger charge is 2.28. The maximum absolute atomic E-state index is 11.9. The van der Waals surface area contributed by atoms with Gasteiger partial charge in [-0.25, -0.2) is 4.98 Å². The predicted molar refractivity (Wildman–Crippen MR) is 111 cm³/mol. The van der Waals surface area contributed by atoms with Gasteiger partial charge in [-0.3, -0.25) is 4.79 Å². The lowest BCUT2D eigenvalue weighted by Gasteiger charge is -2.31. The van der Waals surface area contributed by atoms with E-state index in [1.807, 2.05) is 36.1 Å². The third kappa shape index (κ3) is 4.05. The summed E-state index contributed by atoms with van der Waals surface area (Å²) < 4.78 is 17.3. The maximum Gasteiger partial charge on any atom is 0.222 e. The van der Waals surface area contributed by atoms with Crippen molar-refractivity contribution in [1.29, 1.82) is 0 Å². The van der Waals surface area contributed by atoms with Crippen LogP contribution in [0.3, 0.4) is 0 Å². The van der Waals surface area contributed by atoms with Crippen molar-refractivity contribution >= 4 is 28.9 Å². The number of fused-ring (bicyclic) bond motifs is 1. The summed E-state index contributed by atoms with van der Waals surface area (Å²) in [7, 11) is 1.57. The standard InChI is InChI=1S/C21H24ClN3O4/c1-3-20(26)24-7-6-16(13-24)29-15-4-5-18-17(11-15)25(8-9-28-18)14-10-19(27-2)21(22)23-12-14/h4-5,10-12,16H,3,6-9,13H2,1-2H3. The number of likely N-dealkylation sites (tertiary alicyclic amines) is 1. The SMILES string of the molecule is CCC(=O)N1CCC(Oc2ccc3c(c2)N(c2cnc(Cl)c(OC)c2)CCO3)C1. The molecule has 0 N–H and O–H groups in total. The summed E-state index contributed by atoms with van der Waals surface area (Å²) >= 11 is 6.07. The molecule has 0 bridgehead atoms. The van der Waals surface area contributed by atoms with Crippen molar-refractivity contribution < 1.29 is 19.0 Å². The van der Waals surface area contributed by atoms with Crippen LogP contribution < -0.4 is 19.1 Å². The largest absolute Gasteiger partial charge is 0.493 e. The van der Waals surface area contributed by atoms with Gasteiger partial charge in [0.05, 0.1) is 37.8 Å². The molecule has 154 valence electrons. The third-order valence-corrected chi connectivity index (χ3v) is 5.50. The van der Waals surface area contributed by atoms with E-state index in [2.05, 4.69) is 9.88 Å². The van der Waals surface area contributed by atoms with E-state index in [9.17, 15) is 4.79 Å². The summed E-state index contributed by atoms with van der Waals surface area (Å²) in [5.74, 6) is 2.23. The number of ether oxygens (including phenoxy) is 3. The summed E-state index contributed by atoms with van der Waals surface area (Å²) in [6, 6.07) is 7.66. The first kappa shape index (κ1) is 19.6. The lowest BCUT2D eigenvalue weighted by molar-refractivity contribution is -0.130. The van der Waals surface area contributed by atoms with Crippen LogP contribution in [0, 0.1) is 0 Å². The van der Waals surface area contributed by atoms with Crippen molar-refractivity contribution in [2.75, 3.05) is 38.3 Å². The van der Waals surface area contributed by atoms with Crippen LogP contribution in [0.4, 0.5) is 11.4 Å².